The number of carbonyl (C=O) groups is 1. The molecule has 9 heteroatoms. The number of imidazole rings is 1. The van der Waals surface area contributed by atoms with E-state index < -0.39 is 5.60 Å². The third-order valence-corrected chi connectivity index (χ3v) is 9.39. The highest BCUT2D eigenvalue weighted by molar-refractivity contribution is 7.17. The maximum atomic E-state index is 14.3. The summed E-state index contributed by atoms with van der Waals surface area (Å²) in [4.78, 5) is 20.9. The Hall–Kier alpha value is -3.24. The van der Waals surface area contributed by atoms with Gasteiger partial charge in [0, 0.05) is 54.9 Å². The van der Waals surface area contributed by atoms with E-state index in [1.165, 1.54) is 4.70 Å². The first-order chi connectivity index (χ1) is 20.1. The van der Waals surface area contributed by atoms with Crippen molar-refractivity contribution in [2.24, 2.45) is 0 Å². The number of carbonyl (C=O) groups excluding carboxylic acids is 1. The van der Waals surface area contributed by atoms with Gasteiger partial charge in [-0.2, -0.15) is 0 Å². The van der Waals surface area contributed by atoms with Crippen LogP contribution in [0, 0.1) is 0 Å². The molecule has 2 aromatic heterocycles. The zero-order chi connectivity index (χ0) is 28.2. The van der Waals surface area contributed by atoms with Gasteiger partial charge in [-0.25, -0.2) is 4.98 Å². The molecule has 3 atom stereocenters. The third-order valence-electron chi connectivity index (χ3n) is 8.51. The number of amides is 1. The van der Waals surface area contributed by atoms with E-state index >= 15 is 0 Å². The molecule has 0 radical (unpaired) electrons. The summed E-state index contributed by atoms with van der Waals surface area (Å²) >= 11 is 1.70. The Morgan fingerprint density at radius 1 is 1.17 bits per heavy atom. The van der Waals surface area contributed by atoms with Crippen LogP contribution in [0.1, 0.15) is 48.6 Å². The predicted octanol–water partition coefficient (Wildman–Crippen LogP) is 5.14. The van der Waals surface area contributed by atoms with Gasteiger partial charge in [0.2, 0.25) is 0 Å². The summed E-state index contributed by atoms with van der Waals surface area (Å²) in [5.41, 5.74) is 1.09. The number of benzene rings is 2. The summed E-state index contributed by atoms with van der Waals surface area (Å²) in [6.45, 7) is 2.79. The summed E-state index contributed by atoms with van der Waals surface area (Å²) in [5, 5.41) is 18.3. The van der Waals surface area contributed by atoms with Gasteiger partial charge in [0.05, 0.1) is 31.3 Å². The van der Waals surface area contributed by atoms with Crippen molar-refractivity contribution in [3.05, 3.63) is 72.0 Å². The lowest BCUT2D eigenvalue weighted by molar-refractivity contribution is -0.0893. The Morgan fingerprint density at radius 2 is 2.05 bits per heavy atom. The minimum atomic E-state index is -1.02. The van der Waals surface area contributed by atoms with E-state index in [4.69, 9.17) is 14.5 Å². The Kier molecular flexibility index (Phi) is 8.39. The van der Waals surface area contributed by atoms with Gasteiger partial charge in [0.1, 0.15) is 11.4 Å². The van der Waals surface area contributed by atoms with Crippen molar-refractivity contribution in [1.82, 2.24) is 19.8 Å². The highest BCUT2D eigenvalue weighted by Gasteiger charge is 2.42. The van der Waals surface area contributed by atoms with Crippen molar-refractivity contribution in [3.8, 4) is 17.0 Å². The first-order valence-electron chi connectivity index (χ1n) is 14.5. The van der Waals surface area contributed by atoms with Crippen molar-refractivity contribution in [2.75, 3.05) is 40.0 Å². The standard InChI is InChI=1S/C32H38N4O4S/c1-39-21-32(38)15-6-5-12-28(32)36-22-34-29(30(36)23-8-3-2-4-9-23)31(37)35-17-16-33-20-24(35)13-18-40-26-10-7-11-27-25(26)14-19-41-27/h2-4,7-11,14,19,22,24,28,33,38H,5-6,12-13,15-18,20-21H2,1H3/t24-,28-,32-/m1/s1. The smallest absolute Gasteiger partial charge is 0.275 e. The van der Waals surface area contributed by atoms with Crippen molar-refractivity contribution >= 4 is 27.3 Å². The molecule has 2 N–H and O–H groups in total. The average molecular weight is 575 g/mol. The number of nitrogens with one attached hydrogen (secondary N) is 1. The molecule has 6 rings (SSSR count). The lowest BCUT2D eigenvalue weighted by Crippen LogP contribution is -2.54. The van der Waals surface area contributed by atoms with E-state index in [2.05, 4.69) is 22.8 Å². The van der Waals surface area contributed by atoms with Crippen molar-refractivity contribution in [2.45, 2.75) is 49.8 Å². The second kappa shape index (κ2) is 12.3. The fraction of sp³-hybridized carbons (Fsp3) is 0.438. The van der Waals surface area contributed by atoms with Crippen LogP contribution in [-0.2, 0) is 4.74 Å². The molecule has 2 fully saturated rings. The highest BCUT2D eigenvalue weighted by atomic mass is 32.1. The van der Waals surface area contributed by atoms with E-state index in [-0.39, 0.29) is 24.6 Å². The van der Waals surface area contributed by atoms with Crippen LogP contribution in [-0.4, -0.2) is 77.1 Å². The molecule has 0 unspecified atom stereocenters. The second-order valence-corrected chi connectivity index (χ2v) is 12.0. The number of thiophene rings is 1. The van der Waals surface area contributed by atoms with E-state index in [0.29, 0.717) is 38.2 Å². The number of nitrogens with zero attached hydrogens (tertiary/aromatic N) is 3. The van der Waals surface area contributed by atoms with Crippen LogP contribution in [0.4, 0.5) is 0 Å². The van der Waals surface area contributed by atoms with Gasteiger partial charge in [-0.3, -0.25) is 4.79 Å². The molecule has 1 saturated carbocycles. The summed E-state index contributed by atoms with van der Waals surface area (Å²) in [6, 6.07) is 17.9. The van der Waals surface area contributed by atoms with E-state index in [9.17, 15) is 9.90 Å². The lowest BCUT2D eigenvalue weighted by Gasteiger charge is -2.41. The number of aromatic nitrogens is 2. The fourth-order valence-corrected chi connectivity index (χ4v) is 7.28. The Balaban J connectivity index is 1.27. The molecule has 1 aliphatic carbocycles. The van der Waals surface area contributed by atoms with Crippen molar-refractivity contribution in [3.63, 3.8) is 0 Å². The number of piperazine rings is 1. The van der Waals surface area contributed by atoms with Crippen LogP contribution in [0.5, 0.6) is 5.75 Å². The monoisotopic (exact) mass is 574 g/mol. The summed E-state index contributed by atoms with van der Waals surface area (Å²) in [7, 11) is 1.62. The van der Waals surface area contributed by atoms with Gasteiger partial charge in [-0.1, -0.05) is 49.2 Å². The zero-order valence-corrected chi connectivity index (χ0v) is 24.3. The summed E-state index contributed by atoms with van der Waals surface area (Å²) < 4.78 is 14.9. The predicted molar refractivity (Wildman–Crippen MR) is 162 cm³/mol. The quantitative estimate of drug-likeness (QED) is 0.288. The third kappa shape index (κ3) is 5.64. The molecule has 4 aromatic rings. The minimum Gasteiger partial charge on any atom is -0.493 e. The van der Waals surface area contributed by atoms with Crippen LogP contribution >= 0.6 is 11.3 Å². The molecule has 3 heterocycles. The Bertz CT molecular complexity index is 1470. The maximum absolute atomic E-state index is 14.3. The number of ether oxygens (including phenoxy) is 2. The van der Waals surface area contributed by atoms with Gasteiger partial charge in [-0.15, -0.1) is 11.3 Å². The molecule has 216 valence electrons. The number of fused-ring (bicyclic) bond motifs is 1. The van der Waals surface area contributed by atoms with Crippen LogP contribution in [0.15, 0.2) is 66.3 Å². The SMILES string of the molecule is COC[C@]1(O)CCCC[C@H]1n1cnc(C(=O)N2CCNC[C@H]2CCOc2cccc3sccc23)c1-c1ccccc1. The zero-order valence-electron chi connectivity index (χ0n) is 23.5. The lowest BCUT2D eigenvalue weighted by atomic mass is 9.80. The number of hydrogen-bond acceptors (Lipinski definition) is 7. The Morgan fingerprint density at radius 3 is 2.90 bits per heavy atom. The van der Waals surface area contributed by atoms with Crippen molar-refractivity contribution < 1.29 is 19.4 Å². The summed E-state index contributed by atoms with van der Waals surface area (Å²) in [6.07, 6.45) is 5.85. The minimum absolute atomic E-state index is 0.0215. The highest BCUT2D eigenvalue weighted by Crippen LogP contribution is 2.41. The molecule has 0 bridgehead atoms. The van der Waals surface area contributed by atoms with Gasteiger partial charge in [0.15, 0.2) is 5.69 Å². The van der Waals surface area contributed by atoms with E-state index in [0.717, 1.165) is 48.2 Å². The van der Waals surface area contributed by atoms with Gasteiger partial charge in [0.25, 0.3) is 5.91 Å². The average Bonchev–Trinajstić information content (AvgIpc) is 3.66. The topological polar surface area (TPSA) is 88.8 Å². The van der Waals surface area contributed by atoms with E-state index in [1.54, 1.807) is 24.8 Å². The Labute approximate surface area is 244 Å². The van der Waals surface area contributed by atoms with Crippen LogP contribution in [0.3, 0.4) is 0 Å². The molecular formula is C32H38N4O4S. The fourth-order valence-electron chi connectivity index (χ4n) is 6.48. The summed E-state index contributed by atoms with van der Waals surface area (Å²) in [5.74, 6) is 0.798. The first kappa shape index (κ1) is 27.9. The second-order valence-electron chi connectivity index (χ2n) is 11.1. The molecular weight excluding hydrogens is 536 g/mol. The molecule has 41 heavy (non-hydrogen) atoms. The van der Waals surface area contributed by atoms with Gasteiger partial charge >= 0.3 is 0 Å². The molecule has 1 amide bonds. The number of hydrogen-bond donors (Lipinski definition) is 2. The molecule has 1 saturated heterocycles. The van der Waals surface area contributed by atoms with Crippen LogP contribution in [0.2, 0.25) is 0 Å². The van der Waals surface area contributed by atoms with Crippen molar-refractivity contribution in [1.29, 1.82) is 0 Å². The molecule has 8 nitrogen and oxygen atoms in total. The normalized spacial score (nSPS) is 23.1. The maximum Gasteiger partial charge on any atom is 0.275 e. The van der Waals surface area contributed by atoms with Crippen LogP contribution in [0.25, 0.3) is 21.3 Å². The first-order valence-corrected chi connectivity index (χ1v) is 15.4. The molecule has 1 aliphatic heterocycles. The van der Waals surface area contributed by atoms with Gasteiger partial charge < -0.3 is 29.4 Å². The molecule has 2 aliphatic rings. The number of methoxy groups -OCH3 is 1. The van der Waals surface area contributed by atoms with Gasteiger partial charge in [-0.05, 0) is 36.4 Å². The molecule has 0 spiro atoms. The van der Waals surface area contributed by atoms with Crippen LogP contribution < -0.4 is 10.1 Å². The number of rotatable bonds is 9. The van der Waals surface area contributed by atoms with E-state index in [1.807, 2.05) is 51.9 Å². The molecule has 2 aromatic carbocycles. The number of aliphatic hydroxyl groups is 1. The largest absolute Gasteiger partial charge is 0.493 e.